The number of fused-ring (bicyclic) bond motifs is 9. The largest absolute Gasteiger partial charge is 0.471 e. The lowest BCUT2D eigenvalue weighted by atomic mass is 9.83. The minimum atomic E-state index is -0.740. The van der Waals surface area contributed by atoms with E-state index in [-0.39, 0.29) is 0 Å². The summed E-state index contributed by atoms with van der Waals surface area (Å²) in [4.78, 5) is 8.56. The molecule has 0 saturated carbocycles. The van der Waals surface area contributed by atoms with Gasteiger partial charge in [0.25, 0.3) is 0 Å². The fourth-order valence-corrected chi connectivity index (χ4v) is 4.72. The smallest absolute Gasteiger partial charge is 0.202 e. The number of rotatable bonds is 2. The quantitative estimate of drug-likeness (QED) is 0.407. The molecule has 1 N–H and O–H groups in total. The van der Waals surface area contributed by atoms with Crippen LogP contribution in [-0.2, 0) is 5.60 Å². The summed E-state index contributed by atoms with van der Waals surface area (Å²) < 4.78 is 6.89. The van der Waals surface area contributed by atoms with E-state index in [0.717, 1.165) is 39.7 Å². The molecule has 3 nitrogen and oxygen atoms in total. The highest BCUT2D eigenvalue weighted by Gasteiger charge is 2.52. The van der Waals surface area contributed by atoms with Crippen molar-refractivity contribution >= 4 is 6.08 Å². The Hall–Kier alpha value is -3.85. The Morgan fingerprint density at radius 1 is 0.800 bits per heavy atom. The summed E-state index contributed by atoms with van der Waals surface area (Å²) in [6.07, 6.45) is 8.01. The van der Waals surface area contributed by atoms with Crippen LogP contribution in [0.2, 0.25) is 0 Å². The molecule has 3 heteroatoms. The molecule has 0 saturated heterocycles. The van der Waals surface area contributed by atoms with Gasteiger partial charge in [0, 0.05) is 16.7 Å². The van der Waals surface area contributed by atoms with Crippen LogP contribution in [0.5, 0.6) is 5.75 Å². The highest BCUT2D eigenvalue weighted by Crippen LogP contribution is 2.57. The maximum absolute atomic E-state index is 6.89. The molecular formula is C27H20N2O. The van der Waals surface area contributed by atoms with Crippen molar-refractivity contribution in [2.24, 2.45) is 0 Å². The topological polar surface area (TPSA) is 37.9 Å². The molecule has 0 unspecified atom stereocenters. The van der Waals surface area contributed by atoms with E-state index in [4.69, 9.17) is 9.72 Å². The van der Waals surface area contributed by atoms with Gasteiger partial charge in [0.2, 0.25) is 5.60 Å². The number of hydrogen-bond donors (Lipinski definition) is 1. The minimum Gasteiger partial charge on any atom is -0.471 e. The molecule has 1 aliphatic heterocycles. The Balaban J connectivity index is 1.70. The first kappa shape index (κ1) is 17.0. The van der Waals surface area contributed by atoms with Crippen LogP contribution in [0, 0.1) is 0 Å². The maximum Gasteiger partial charge on any atom is 0.202 e. The molecular weight excluding hydrogens is 368 g/mol. The first-order chi connectivity index (χ1) is 14.8. The minimum absolute atomic E-state index is 0.740. The van der Waals surface area contributed by atoms with E-state index in [1.54, 1.807) is 0 Å². The molecule has 2 aliphatic rings. The van der Waals surface area contributed by atoms with Gasteiger partial charge < -0.3 is 9.72 Å². The summed E-state index contributed by atoms with van der Waals surface area (Å²) in [6.45, 7) is 2.00. The summed E-state index contributed by atoms with van der Waals surface area (Å²) in [5.41, 5.74) is 6.92. The second-order valence-corrected chi connectivity index (χ2v) is 7.60. The Morgan fingerprint density at radius 2 is 1.43 bits per heavy atom. The molecule has 0 bridgehead atoms. The number of aromatic nitrogens is 2. The Kier molecular flexibility index (Phi) is 3.59. The van der Waals surface area contributed by atoms with Gasteiger partial charge in [-0.1, -0.05) is 78.9 Å². The monoisotopic (exact) mass is 388 g/mol. The van der Waals surface area contributed by atoms with Crippen molar-refractivity contribution in [1.82, 2.24) is 9.97 Å². The van der Waals surface area contributed by atoms with Gasteiger partial charge in [-0.05, 0) is 36.3 Å². The van der Waals surface area contributed by atoms with Crippen molar-refractivity contribution < 1.29 is 4.74 Å². The van der Waals surface area contributed by atoms with Gasteiger partial charge in [-0.15, -0.1) is 0 Å². The van der Waals surface area contributed by atoms with Gasteiger partial charge >= 0.3 is 0 Å². The number of para-hydroxylation sites is 1. The van der Waals surface area contributed by atoms with Crippen LogP contribution in [-0.4, -0.2) is 9.97 Å². The standard InChI is InChI=1S/C27H20N2O/c1-2-3-4-17-24-28-25-20-13-7-10-16-23(20)30-27(26(25)29-24)21-14-8-5-11-18(21)19-12-6-9-15-22(19)27/h2-17H,1H3,(H,28,29)/b3-2-,17-4-. The van der Waals surface area contributed by atoms with Gasteiger partial charge in [0.05, 0.1) is 5.69 Å². The number of hydrogen-bond acceptors (Lipinski definition) is 2. The number of imidazole rings is 1. The molecule has 0 fully saturated rings. The predicted molar refractivity (Wildman–Crippen MR) is 120 cm³/mol. The lowest BCUT2D eigenvalue weighted by Gasteiger charge is -2.36. The predicted octanol–water partition coefficient (Wildman–Crippen LogP) is 6.33. The summed E-state index contributed by atoms with van der Waals surface area (Å²) in [5.74, 6) is 1.67. The zero-order valence-electron chi connectivity index (χ0n) is 16.6. The molecule has 30 heavy (non-hydrogen) atoms. The SMILES string of the molecule is C/C=C\C=C/c1nc2c([nH]1)C1(Oc3ccccc3-2)c2ccccc2-c2ccccc21. The van der Waals surface area contributed by atoms with Gasteiger partial charge in [-0.2, -0.15) is 0 Å². The Labute approximate surface area is 175 Å². The molecule has 0 atom stereocenters. The zero-order valence-corrected chi connectivity index (χ0v) is 16.6. The summed E-state index contributed by atoms with van der Waals surface area (Å²) in [7, 11) is 0. The first-order valence-corrected chi connectivity index (χ1v) is 10.2. The van der Waals surface area contributed by atoms with Crippen LogP contribution in [0.15, 0.2) is 91.0 Å². The molecule has 144 valence electrons. The number of nitrogens with zero attached hydrogens (tertiary/aromatic N) is 1. The van der Waals surface area contributed by atoms with Gasteiger partial charge in [0.1, 0.15) is 17.3 Å². The fraction of sp³-hybridized carbons (Fsp3) is 0.0741. The molecule has 0 radical (unpaired) electrons. The van der Waals surface area contributed by atoms with E-state index in [1.165, 1.54) is 11.1 Å². The molecule has 6 rings (SSSR count). The van der Waals surface area contributed by atoms with E-state index in [0.29, 0.717) is 0 Å². The van der Waals surface area contributed by atoms with Crippen molar-refractivity contribution in [2.75, 3.05) is 0 Å². The molecule has 0 amide bonds. The summed E-state index contributed by atoms with van der Waals surface area (Å²) in [6, 6.07) is 25.2. The lowest BCUT2D eigenvalue weighted by Crippen LogP contribution is -2.37. The maximum atomic E-state index is 6.89. The second-order valence-electron chi connectivity index (χ2n) is 7.60. The second kappa shape index (κ2) is 6.33. The van der Waals surface area contributed by atoms with E-state index in [9.17, 15) is 0 Å². The van der Waals surface area contributed by atoms with E-state index in [2.05, 4.69) is 59.6 Å². The van der Waals surface area contributed by atoms with Crippen molar-refractivity contribution in [3.63, 3.8) is 0 Å². The van der Waals surface area contributed by atoms with Crippen LogP contribution in [0.3, 0.4) is 0 Å². The lowest BCUT2D eigenvalue weighted by molar-refractivity contribution is 0.152. The summed E-state index contributed by atoms with van der Waals surface area (Å²) >= 11 is 0. The third-order valence-corrected chi connectivity index (χ3v) is 5.94. The van der Waals surface area contributed by atoms with Gasteiger partial charge in [-0.25, -0.2) is 4.98 Å². The van der Waals surface area contributed by atoms with Crippen LogP contribution in [0.25, 0.3) is 28.5 Å². The third kappa shape index (κ3) is 2.17. The normalized spacial score (nSPS) is 15.1. The molecule has 4 aromatic rings. The first-order valence-electron chi connectivity index (χ1n) is 10.2. The van der Waals surface area contributed by atoms with E-state index >= 15 is 0 Å². The highest BCUT2D eigenvalue weighted by atomic mass is 16.5. The number of benzene rings is 3. The molecule has 2 heterocycles. The van der Waals surface area contributed by atoms with Crippen molar-refractivity contribution in [2.45, 2.75) is 12.5 Å². The number of nitrogens with one attached hydrogen (secondary N) is 1. The Bertz CT molecular complexity index is 1300. The molecule has 1 aromatic heterocycles. The number of ether oxygens (including phenoxy) is 1. The number of allylic oxidation sites excluding steroid dienone is 3. The van der Waals surface area contributed by atoms with Crippen LogP contribution < -0.4 is 4.74 Å². The van der Waals surface area contributed by atoms with Gasteiger partial charge in [-0.3, -0.25) is 0 Å². The fourth-order valence-electron chi connectivity index (χ4n) is 4.72. The van der Waals surface area contributed by atoms with Crippen LogP contribution in [0.1, 0.15) is 29.6 Å². The third-order valence-electron chi connectivity index (χ3n) is 5.94. The van der Waals surface area contributed by atoms with Crippen molar-refractivity contribution in [3.05, 3.63) is 114 Å². The average Bonchev–Trinajstić information content (AvgIpc) is 3.34. The highest BCUT2D eigenvalue weighted by molar-refractivity contribution is 5.86. The average molecular weight is 388 g/mol. The summed E-state index contributed by atoms with van der Waals surface area (Å²) in [5, 5.41) is 0. The van der Waals surface area contributed by atoms with Gasteiger partial charge in [0.15, 0.2) is 0 Å². The molecule has 3 aromatic carbocycles. The molecule has 1 aliphatic carbocycles. The zero-order chi connectivity index (χ0) is 20.1. The number of H-pyrrole nitrogens is 1. The number of aromatic amines is 1. The van der Waals surface area contributed by atoms with Crippen LogP contribution in [0.4, 0.5) is 0 Å². The van der Waals surface area contributed by atoms with Crippen molar-refractivity contribution in [1.29, 1.82) is 0 Å². The van der Waals surface area contributed by atoms with E-state index < -0.39 is 5.60 Å². The van der Waals surface area contributed by atoms with Crippen molar-refractivity contribution in [3.8, 4) is 28.1 Å². The van der Waals surface area contributed by atoms with Crippen LogP contribution >= 0.6 is 0 Å². The Morgan fingerprint density at radius 3 is 2.13 bits per heavy atom. The molecule has 1 spiro atoms. The van der Waals surface area contributed by atoms with E-state index in [1.807, 2.05) is 49.4 Å².